The van der Waals surface area contributed by atoms with E-state index < -0.39 is 0 Å². The SMILES string of the molecule is O=C(Nc1ncnc2[nH]cnc12)N1CCC2(CNc3ccccc32)C1. The Bertz CT molecular complexity index is 968. The van der Waals surface area contributed by atoms with Crippen LogP contribution < -0.4 is 10.6 Å². The van der Waals surface area contributed by atoms with Crippen LogP contribution in [0, 0.1) is 0 Å². The third-order valence-electron chi connectivity index (χ3n) is 5.20. The summed E-state index contributed by atoms with van der Waals surface area (Å²) in [5, 5.41) is 6.35. The predicted molar refractivity (Wildman–Crippen MR) is 93.5 cm³/mol. The topological polar surface area (TPSA) is 98.8 Å². The maximum atomic E-state index is 12.7. The van der Waals surface area contributed by atoms with E-state index in [9.17, 15) is 4.79 Å². The van der Waals surface area contributed by atoms with Crippen molar-refractivity contribution in [2.45, 2.75) is 11.8 Å². The third kappa shape index (κ3) is 2.14. The number of likely N-dealkylation sites (tertiary alicyclic amines) is 1. The average molecular weight is 335 g/mol. The number of nitrogens with one attached hydrogen (secondary N) is 3. The standard InChI is InChI=1S/C17H17N7O/c25-16(23-15-13-14(20-9-19-13)21-10-22-15)24-6-5-17(8-24)7-18-12-4-2-1-3-11(12)17/h1-4,9-10,18H,5-8H2,(H2,19,20,21,22,23,25). The number of rotatable bonds is 1. The number of para-hydroxylation sites is 1. The molecule has 4 heterocycles. The summed E-state index contributed by atoms with van der Waals surface area (Å²) in [4.78, 5) is 29.9. The number of carbonyl (C=O) groups is 1. The highest BCUT2D eigenvalue weighted by Gasteiger charge is 2.45. The maximum Gasteiger partial charge on any atom is 0.323 e. The van der Waals surface area contributed by atoms with E-state index in [1.165, 1.54) is 17.6 Å². The van der Waals surface area contributed by atoms with Crippen molar-refractivity contribution < 1.29 is 4.79 Å². The monoisotopic (exact) mass is 335 g/mol. The Morgan fingerprint density at radius 1 is 1.24 bits per heavy atom. The molecule has 1 atom stereocenters. The molecule has 0 aliphatic carbocycles. The molecule has 25 heavy (non-hydrogen) atoms. The van der Waals surface area contributed by atoms with E-state index in [1.54, 1.807) is 6.33 Å². The fourth-order valence-electron chi connectivity index (χ4n) is 3.91. The summed E-state index contributed by atoms with van der Waals surface area (Å²) in [6.45, 7) is 2.28. The van der Waals surface area contributed by atoms with Gasteiger partial charge in [0.2, 0.25) is 0 Å². The lowest BCUT2D eigenvalue weighted by molar-refractivity contribution is 0.220. The summed E-state index contributed by atoms with van der Waals surface area (Å²) >= 11 is 0. The molecule has 2 amide bonds. The molecule has 1 fully saturated rings. The molecule has 3 N–H and O–H groups in total. The Morgan fingerprint density at radius 3 is 3.12 bits per heavy atom. The minimum absolute atomic E-state index is 0.00125. The van der Waals surface area contributed by atoms with Gasteiger partial charge >= 0.3 is 6.03 Å². The number of imidazole rings is 1. The summed E-state index contributed by atoms with van der Waals surface area (Å²) < 4.78 is 0. The summed E-state index contributed by atoms with van der Waals surface area (Å²) in [5.41, 5.74) is 3.66. The zero-order chi connectivity index (χ0) is 16.9. The molecule has 0 saturated carbocycles. The molecule has 2 aliphatic heterocycles. The number of H-pyrrole nitrogens is 1. The molecule has 1 unspecified atom stereocenters. The normalized spacial score (nSPS) is 21.5. The van der Waals surface area contributed by atoms with Gasteiger partial charge in [-0.15, -0.1) is 0 Å². The van der Waals surface area contributed by atoms with Crippen LogP contribution in [0.5, 0.6) is 0 Å². The van der Waals surface area contributed by atoms with Crippen molar-refractivity contribution in [3.05, 3.63) is 42.5 Å². The first-order valence-corrected chi connectivity index (χ1v) is 8.29. The van der Waals surface area contributed by atoms with E-state index in [1.807, 2.05) is 11.0 Å². The van der Waals surface area contributed by atoms with Crippen molar-refractivity contribution in [3.8, 4) is 0 Å². The van der Waals surface area contributed by atoms with Crippen LogP contribution in [0.1, 0.15) is 12.0 Å². The summed E-state index contributed by atoms with van der Waals surface area (Å²) in [6.07, 6.45) is 3.91. The molecule has 8 nitrogen and oxygen atoms in total. The summed E-state index contributed by atoms with van der Waals surface area (Å²) in [5.74, 6) is 0.433. The molecule has 126 valence electrons. The Kier molecular flexibility index (Phi) is 2.94. The lowest BCUT2D eigenvalue weighted by Gasteiger charge is -2.24. The van der Waals surface area contributed by atoms with Gasteiger partial charge < -0.3 is 15.2 Å². The molecular weight excluding hydrogens is 318 g/mol. The van der Waals surface area contributed by atoms with Gasteiger partial charge in [-0.2, -0.15) is 0 Å². The van der Waals surface area contributed by atoms with Crippen molar-refractivity contribution in [2.24, 2.45) is 0 Å². The van der Waals surface area contributed by atoms with Crippen LogP contribution in [-0.2, 0) is 5.41 Å². The Labute approximate surface area is 143 Å². The molecule has 0 radical (unpaired) electrons. The van der Waals surface area contributed by atoms with Crippen molar-refractivity contribution in [1.82, 2.24) is 24.8 Å². The van der Waals surface area contributed by atoms with Gasteiger partial charge in [0.1, 0.15) is 6.33 Å². The third-order valence-corrected chi connectivity index (χ3v) is 5.20. The summed E-state index contributed by atoms with van der Waals surface area (Å²) in [7, 11) is 0. The van der Waals surface area contributed by atoms with Crippen LogP contribution in [-0.4, -0.2) is 50.5 Å². The van der Waals surface area contributed by atoms with Gasteiger partial charge in [0.25, 0.3) is 0 Å². The lowest BCUT2D eigenvalue weighted by atomic mass is 9.82. The Hall–Kier alpha value is -3.16. The fourth-order valence-corrected chi connectivity index (χ4v) is 3.91. The number of anilines is 2. The van der Waals surface area contributed by atoms with E-state index in [2.05, 4.69) is 48.8 Å². The minimum atomic E-state index is -0.149. The molecule has 2 aliphatic rings. The molecule has 5 rings (SSSR count). The van der Waals surface area contributed by atoms with Crippen LogP contribution in [0.15, 0.2) is 36.9 Å². The molecular formula is C17H17N7O. The van der Waals surface area contributed by atoms with Gasteiger partial charge in [-0.1, -0.05) is 18.2 Å². The van der Waals surface area contributed by atoms with Crippen molar-refractivity contribution in [2.75, 3.05) is 30.3 Å². The van der Waals surface area contributed by atoms with Crippen molar-refractivity contribution >= 4 is 28.7 Å². The van der Waals surface area contributed by atoms with Crippen LogP contribution in [0.4, 0.5) is 16.3 Å². The van der Waals surface area contributed by atoms with Gasteiger partial charge in [-0.25, -0.2) is 19.7 Å². The molecule has 1 saturated heterocycles. The largest absolute Gasteiger partial charge is 0.384 e. The molecule has 0 bridgehead atoms. The van der Waals surface area contributed by atoms with E-state index in [0.29, 0.717) is 23.5 Å². The number of urea groups is 1. The maximum absolute atomic E-state index is 12.7. The molecule has 3 aromatic rings. The number of benzene rings is 1. The van der Waals surface area contributed by atoms with E-state index in [4.69, 9.17) is 0 Å². The fraction of sp³-hybridized carbons (Fsp3) is 0.294. The van der Waals surface area contributed by atoms with Crippen LogP contribution in [0.2, 0.25) is 0 Å². The number of hydrogen-bond donors (Lipinski definition) is 3. The second-order valence-electron chi connectivity index (χ2n) is 6.60. The average Bonchev–Trinajstić information content (AvgIpc) is 3.36. The quantitative estimate of drug-likeness (QED) is 0.631. The van der Waals surface area contributed by atoms with Gasteiger partial charge in [-0.05, 0) is 18.1 Å². The summed E-state index contributed by atoms with van der Waals surface area (Å²) in [6, 6.07) is 8.21. The Balaban J connectivity index is 1.37. The second kappa shape index (κ2) is 5.17. The van der Waals surface area contributed by atoms with E-state index in [0.717, 1.165) is 19.5 Å². The second-order valence-corrected chi connectivity index (χ2v) is 6.60. The molecule has 2 aromatic heterocycles. The molecule has 8 heteroatoms. The number of carbonyl (C=O) groups excluding carboxylic acids is 1. The number of fused-ring (bicyclic) bond motifs is 3. The first kappa shape index (κ1) is 14.2. The van der Waals surface area contributed by atoms with Gasteiger partial charge in [0, 0.05) is 30.7 Å². The van der Waals surface area contributed by atoms with Crippen LogP contribution >= 0.6 is 0 Å². The molecule has 1 aromatic carbocycles. The zero-order valence-electron chi connectivity index (χ0n) is 13.5. The number of hydrogen-bond acceptors (Lipinski definition) is 5. The minimum Gasteiger partial charge on any atom is -0.384 e. The molecule has 1 spiro atoms. The highest BCUT2D eigenvalue weighted by Crippen LogP contribution is 2.43. The van der Waals surface area contributed by atoms with Crippen molar-refractivity contribution in [1.29, 1.82) is 0 Å². The van der Waals surface area contributed by atoms with Gasteiger partial charge in [0.05, 0.1) is 6.33 Å². The van der Waals surface area contributed by atoms with Crippen molar-refractivity contribution in [3.63, 3.8) is 0 Å². The Morgan fingerprint density at radius 2 is 2.16 bits per heavy atom. The predicted octanol–water partition coefficient (Wildman–Crippen LogP) is 1.95. The number of aromatic nitrogens is 4. The van der Waals surface area contributed by atoms with E-state index in [-0.39, 0.29) is 11.4 Å². The van der Waals surface area contributed by atoms with E-state index >= 15 is 0 Å². The van der Waals surface area contributed by atoms with Gasteiger partial charge in [-0.3, -0.25) is 5.32 Å². The first-order chi connectivity index (χ1) is 12.3. The lowest BCUT2D eigenvalue weighted by Crippen LogP contribution is -2.38. The smallest absolute Gasteiger partial charge is 0.323 e. The highest BCUT2D eigenvalue weighted by atomic mass is 16.2. The van der Waals surface area contributed by atoms with Crippen LogP contribution in [0.3, 0.4) is 0 Å². The number of nitrogens with zero attached hydrogens (tertiary/aromatic N) is 4. The zero-order valence-corrected chi connectivity index (χ0v) is 13.5. The first-order valence-electron chi connectivity index (χ1n) is 8.29. The van der Waals surface area contributed by atoms with Crippen LogP contribution in [0.25, 0.3) is 11.2 Å². The number of aromatic amines is 1. The van der Waals surface area contributed by atoms with Gasteiger partial charge in [0.15, 0.2) is 17.0 Å². The highest BCUT2D eigenvalue weighted by molar-refractivity contribution is 5.95. The number of amides is 2.